The van der Waals surface area contributed by atoms with Crippen LogP contribution in [0, 0.1) is 0 Å². The number of alkyl carbamates (subject to hydrolysis) is 1. The predicted molar refractivity (Wildman–Crippen MR) is 86.2 cm³/mol. The Kier molecular flexibility index (Phi) is 5.39. The molecule has 7 heteroatoms. The van der Waals surface area contributed by atoms with Crippen LogP contribution in [0.3, 0.4) is 0 Å². The lowest BCUT2D eigenvalue weighted by Gasteiger charge is -2.19. The van der Waals surface area contributed by atoms with Crippen molar-refractivity contribution < 1.29 is 14.3 Å². The molecule has 0 fully saturated rings. The maximum Gasteiger partial charge on any atom is 0.407 e. The number of amides is 2. The predicted octanol–water partition coefficient (Wildman–Crippen LogP) is 2.88. The highest BCUT2D eigenvalue weighted by Crippen LogP contribution is 2.29. The smallest absolute Gasteiger partial charge is 0.407 e. The Balaban J connectivity index is 1.72. The fraction of sp³-hybridized carbons (Fsp3) is 0.667. The molecule has 2 rings (SSSR count). The second-order valence-electron chi connectivity index (χ2n) is 6.32. The molecular formula is C15H23N3O3S. The number of anilines is 1. The summed E-state index contributed by atoms with van der Waals surface area (Å²) in [6, 6.07) is 0. The number of fused-ring (bicyclic) bond motifs is 1. The molecule has 1 aromatic heterocycles. The Labute approximate surface area is 134 Å². The van der Waals surface area contributed by atoms with Crippen LogP contribution in [0.2, 0.25) is 0 Å². The van der Waals surface area contributed by atoms with Crippen LogP contribution >= 0.6 is 11.3 Å². The largest absolute Gasteiger partial charge is 0.444 e. The van der Waals surface area contributed by atoms with E-state index in [0.29, 0.717) is 5.13 Å². The fourth-order valence-electron chi connectivity index (χ4n) is 2.18. The van der Waals surface area contributed by atoms with Crippen molar-refractivity contribution in [3.8, 4) is 0 Å². The van der Waals surface area contributed by atoms with Crippen LogP contribution in [0.25, 0.3) is 0 Å². The number of nitrogens with zero attached hydrogens (tertiary/aromatic N) is 1. The highest BCUT2D eigenvalue weighted by molar-refractivity contribution is 7.15. The number of rotatable bonds is 4. The summed E-state index contributed by atoms with van der Waals surface area (Å²) in [5.74, 6) is -0.151. The van der Waals surface area contributed by atoms with Crippen LogP contribution < -0.4 is 10.6 Å². The lowest BCUT2D eigenvalue weighted by molar-refractivity contribution is -0.116. The van der Waals surface area contributed by atoms with E-state index in [1.54, 1.807) is 32.1 Å². The van der Waals surface area contributed by atoms with Crippen LogP contribution in [-0.2, 0) is 22.4 Å². The molecule has 1 heterocycles. The molecule has 0 saturated carbocycles. The molecule has 2 amide bonds. The van der Waals surface area contributed by atoms with Gasteiger partial charge in [0.15, 0.2) is 5.13 Å². The quantitative estimate of drug-likeness (QED) is 0.892. The normalized spacial score (nSPS) is 14.1. The van der Waals surface area contributed by atoms with Crippen molar-refractivity contribution in [2.75, 3.05) is 11.9 Å². The number of ether oxygens (including phenoxy) is 1. The van der Waals surface area contributed by atoms with Crippen molar-refractivity contribution in [3.63, 3.8) is 0 Å². The lowest BCUT2D eigenvalue weighted by Crippen LogP contribution is -2.34. The molecule has 0 unspecified atom stereocenters. The van der Waals surface area contributed by atoms with Gasteiger partial charge in [0, 0.05) is 17.8 Å². The molecule has 1 aliphatic carbocycles. The van der Waals surface area contributed by atoms with Gasteiger partial charge in [-0.1, -0.05) is 0 Å². The molecular weight excluding hydrogens is 302 g/mol. The molecule has 0 aromatic carbocycles. The topological polar surface area (TPSA) is 80.3 Å². The third kappa shape index (κ3) is 5.29. The Morgan fingerprint density at radius 2 is 2.00 bits per heavy atom. The molecule has 22 heavy (non-hydrogen) atoms. The van der Waals surface area contributed by atoms with E-state index in [9.17, 15) is 9.59 Å². The molecule has 0 radical (unpaired) electrons. The summed E-state index contributed by atoms with van der Waals surface area (Å²) in [6.45, 7) is 5.63. The van der Waals surface area contributed by atoms with Gasteiger partial charge in [-0.2, -0.15) is 0 Å². The van der Waals surface area contributed by atoms with E-state index in [2.05, 4.69) is 15.6 Å². The molecule has 0 bridgehead atoms. The van der Waals surface area contributed by atoms with Gasteiger partial charge in [-0.15, -0.1) is 11.3 Å². The van der Waals surface area contributed by atoms with Gasteiger partial charge in [0.05, 0.1) is 5.69 Å². The monoisotopic (exact) mass is 325 g/mol. The second-order valence-corrected chi connectivity index (χ2v) is 7.41. The number of thiazole rings is 1. The summed E-state index contributed by atoms with van der Waals surface area (Å²) in [6.07, 6.45) is 4.12. The zero-order valence-electron chi connectivity index (χ0n) is 13.3. The second kappa shape index (κ2) is 7.09. The summed E-state index contributed by atoms with van der Waals surface area (Å²) in [4.78, 5) is 29.1. The SMILES string of the molecule is CC(C)(C)OC(=O)NCCC(=O)Nc1nc2c(s1)CCCC2. The number of aryl methyl sites for hydroxylation is 2. The van der Waals surface area contributed by atoms with Crippen LogP contribution in [0.5, 0.6) is 0 Å². The number of hydrogen-bond donors (Lipinski definition) is 2. The summed E-state index contributed by atoms with van der Waals surface area (Å²) in [5, 5.41) is 6.02. The molecule has 2 N–H and O–H groups in total. The zero-order valence-corrected chi connectivity index (χ0v) is 14.1. The van der Waals surface area contributed by atoms with E-state index >= 15 is 0 Å². The van der Waals surface area contributed by atoms with Gasteiger partial charge in [0.25, 0.3) is 0 Å². The summed E-state index contributed by atoms with van der Waals surface area (Å²) < 4.78 is 5.10. The molecule has 122 valence electrons. The zero-order chi connectivity index (χ0) is 16.2. The molecule has 0 saturated heterocycles. The van der Waals surface area contributed by atoms with Gasteiger partial charge >= 0.3 is 6.09 Å². The van der Waals surface area contributed by atoms with Crippen molar-refractivity contribution in [2.24, 2.45) is 0 Å². The van der Waals surface area contributed by atoms with Gasteiger partial charge in [-0.05, 0) is 46.5 Å². The fourth-order valence-corrected chi connectivity index (χ4v) is 3.25. The average Bonchev–Trinajstić information content (AvgIpc) is 2.78. The highest BCUT2D eigenvalue weighted by Gasteiger charge is 2.17. The molecule has 1 aliphatic rings. The molecule has 0 spiro atoms. The Hall–Kier alpha value is -1.63. The van der Waals surface area contributed by atoms with E-state index in [-0.39, 0.29) is 18.9 Å². The van der Waals surface area contributed by atoms with Crippen molar-refractivity contribution in [3.05, 3.63) is 10.6 Å². The number of nitrogens with one attached hydrogen (secondary N) is 2. The van der Waals surface area contributed by atoms with Crippen molar-refractivity contribution in [1.82, 2.24) is 10.3 Å². The number of aromatic nitrogens is 1. The van der Waals surface area contributed by atoms with E-state index in [1.165, 1.54) is 17.7 Å². The van der Waals surface area contributed by atoms with Crippen LogP contribution in [0.1, 0.15) is 50.6 Å². The van der Waals surface area contributed by atoms with Gasteiger partial charge in [-0.25, -0.2) is 9.78 Å². The Morgan fingerprint density at radius 3 is 2.68 bits per heavy atom. The molecule has 0 aliphatic heterocycles. The third-order valence-corrected chi connectivity index (χ3v) is 4.19. The van der Waals surface area contributed by atoms with Crippen molar-refractivity contribution in [2.45, 2.75) is 58.5 Å². The third-order valence-electron chi connectivity index (χ3n) is 3.11. The summed E-state index contributed by atoms with van der Waals surface area (Å²) in [7, 11) is 0. The average molecular weight is 325 g/mol. The first-order valence-electron chi connectivity index (χ1n) is 7.59. The molecule has 6 nitrogen and oxygen atoms in total. The minimum atomic E-state index is -0.535. The van der Waals surface area contributed by atoms with Gasteiger partial charge in [0.2, 0.25) is 5.91 Å². The van der Waals surface area contributed by atoms with Crippen LogP contribution in [0.15, 0.2) is 0 Å². The number of hydrogen-bond acceptors (Lipinski definition) is 5. The molecule has 0 atom stereocenters. The minimum Gasteiger partial charge on any atom is -0.444 e. The van der Waals surface area contributed by atoms with Gasteiger partial charge in [0.1, 0.15) is 5.60 Å². The van der Waals surface area contributed by atoms with Gasteiger partial charge < -0.3 is 15.4 Å². The first-order valence-corrected chi connectivity index (χ1v) is 8.40. The van der Waals surface area contributed by atoms with E-state index < -0.39 is 11.7 Å². The van der Waals surface area contributed by atoms with E-state index in [1.807, 2.05) is 0 Å². The number of carbonyl (C=O) groups excluding carboxylic acids is 2. The maximum absolute atomic E-state index is 11.9. The van der Waals surface area contributed by atoms with Crippen molar-refractivity contribution >= 4 is 28.5 Å². The summed E-state index contributed by atoms with van der Waals surface area (Å²) in [5.41, 5.74) is 0.588. The lowest BCUT2D eigenvalue weighted by atomic mass is 10.0. The Bertz CT molecular complexity index is 525. The Morgan fingerprint density at radius 1 is 1.27 bits per heavy atom. The van der Waals surface area contributed by atoms with E-state index in [0.717, 1.165) is 18.5 Å². The van der Waals surface area contributed by atoms with Crippen molar-refractivity contribution in [1.29, 1.82) is 0 Å². The first kappa shape index (κ1) is 16.7. The van der Waals surface area contributed by atoms with Gasteiger partial charge in [-0.3, -0.25) is 4.79 Å². The minimum absolute atomic E-state index is 0.151. The van der Waals surface area contributed by atoms with Crippen LogP contribution in [0.4, 0.5) is 9.93 Å². The first-order chi connectivity index (χ1) is 10.3. The highest BCUT2D eigenvalue weighted by atomic mass is 32.1. The number of carbonyl (C=O) groups is 2. The standard InChI is InChI=1S/C15H23N3O3S/c1-15(2,3)21-14(20)16-9-8-12(19)18-13-17-10-6-4-5-7-11(10)22-13/h4-9H2,1-3H3,(H,16,20)(H,17,18,19). The van der Waals surface area contributed by atoms with Crippen LogP contribution in [-0.4, -0.2) is 29.1 Å². The summed E-state index contributed by atoms with van der Waals surface area (Å²) >= 11 is 1.56. The van der Waals surface area contributed by atoms with E-state index in [4.69, 9.17) is 4.74 Å². The maximum atomic E-state index is 11.9. The molecule has 1 aromatic rings.